The molecule has 1 aliphatic heterocycles. The molecule has 96 valence electrons. The van der Waals surface area contributed by atoms with Crippen LogP contribution >= 0.6 is 15.9 Å². The number of carbonyl (C=O) groups excluding carboxylic acids is 2. The van der Waals surface area contributed by atoms with E-state index in [2.05, 4.69) is 36.7 Å². The lowest BCUT2D eigenvalue weighted by Crippen LogP contribution is -2.32. The molecule has 0 fully saturated rings. The Kier molecular flexibility index (Phi) is 3.32. The Balaban J connectivity index is 2.30. The van der Waals surface area contributed by atoms with Crippen LogP contribution in [-0.4, -0.2) is 18.2 Å². The van der Waals surface area contributed by atoms with Gasteiger partial charge in [0.05, 0.1) is 11.3 Å². The first-order valence-corrected chi connectivity index (χ1v) is 6.75. The van der Waals surface area contributed by atoms with E-state index in [4.69, 9.17) is 0 Å². The van der Waals surface area contributed by atoms with Gasteiger partial charge >= 0.3 is 0 Å². The van der Waals surface area contributed by atoms with E-state index in [1.54, 1.807) is 17.0 Å². The van der Waals surface area contributed by atoms with Gasteiger partial charge in [-0.15, -0.1) is 0 Å². The van der Waals surface area contributed by atoms with Crippen molar-refractivity contribution in [3.8, 4) is 0 Å². The lowest BCUT2D eigenvalue weighted by Gasteiger charge is -2.23. The van der Waals surface area contributed by atoms with Crippen molar-refractivity contribution in [3.05, 3.63) is 28.2 Å². The number of nitrogens with zero attached hydrogens (tertiary/aromatic N) is 1. The summed E-state index contributed by atoms with van der Waals surface area (Å²) in [7, 11) is 0. The molecule has 4 heteroatoms. The molecule has 1 aromatic carbocycles. The van der Waals surface area contributed by atoms with Crippen LogP contribution in [0.25, 0.3) is 0 Å². The Labute approximate surface area is 115 Å². The van der Waals surface area contributed by atoms with E-state index in [1.807, 2.05) is 6.07 Å². The van der Waals surface area contributed by atoms with Crippen LogP contribution in [0, 0.1) is 5.41 Å². The summed E-state index contributed by atoms with van der Waals surface area (Å²) in [5, 5.41) is 0. The standard InChI is InChI=1S/C14H16BrNO2/c1-14(2,3)6-7-16-11-8-9(15)4-5-10(11)12(17)13(16)18/h4-5,8H,6-7H2,1-3H3. The molecule has 1 aliphatic rings. The summed E-state index contributed by atoms with van der Waals surface area (Å²) in [5.74, 6) is -0.807. The molecule has 0 bridgehead atoms. The predicted molar refractivity (Wildman–Crippen MR) is 74.9 cm³/mol. The number of benzene rings is 1. The molecule has 0 spiro atoms. The van der Waals surface area contributed by atoms with Crippen molar-refractivity contribution in [1.29, 1.82) is 0 Å². The predicted octanol–water partition coefficient (Wildman–Crippen LogP) is 3.41. The highest BCUT2D eigenvalue weighted by molar-refractivity contribution is 9.10. The fraction of sp³-hybridized carbons (Fsp3) is 0.429. The molecule has 3 nitrogen and oxygen atoms in total. The Morgan fingerprint density at radius 1 is 1.22 bits per heavy atom. The van der Waals surface area contributed by atoms with Gasteiger partial charge in [-0.1, -0.05) is 36.7 Å². The first-order valence-electron chi connectivity index (χ1n) is 5.95. The van der Waals surface area contributed by atoms with E-state index in [1.165, 1.54) is 0 Å². The highest BCUT2D eigenvalue weighted by atomic mass is 79.9. The maximum atomic E-state index is 12.0. The van der Waals surface area contributed by atoms with Gasteiger partial charge in [0, 0.05) is 11.0 Å². The van der Waals surface area contributed by atoms with Crippen LogP contribution in [-0.2, 0) is 4.79 Å². The minimum absolute atomic E-state index is 0.137. The molecule has 0 N–H and O–H groups in total. The number of fused-ring (bicyclic) bond motifs is 1. The van der Waals surface area contributed by atoms with Gasteiger partial charge in [-0.3, -0.25) is 9.59 Å². The average Bonchev–Trinajstić information content (AvgIpc) is 2.48. The summed E-state index contributed by atoms with van der Waals surface area (Å²) in [4.78, 5) is 25.4. The first-order chi connectivity index (χ1) is 8.29. The smallest absolute Gasteiger partial charge is 0.299 e. The van der Waals surface area contributed by atoms with E-state index >= 15 is 0 Å². The lowest BCUT2D eigenvalue weighted by atomic mass is 9.92. The molecule has 1 amide bonds. The summed E-state index contributed by atoms with van der Waals surface area (Å²) in [6, 6.07) is 5.33. The molecule has 0 aromatic heterocycles. The molecule has 0 unspecified atom stereocenters. The van der Waals surface area contributed by atoms with Crippen molar-refractivity contribution in [3.63, 3.8) is 0 Å². The largest absolute Gasteiger partial charge is 0.305 e. The molecule has 0 atom stereocenters. The number of amides is 1. The van der Waals surface area contributed by atoms with Gasteiger partial charge < -0.3 is 4.90 Å². The third-order valence-electron chi connectivity index (χ3n) is 3.02. The van der Waals surface area contributed by atoms with Gasteiger partial charge in [0.15, 0.2) is 0 Å². The number of carbonyl (C=O) groups is 2. The van der Waals surface area contributed by atoms with E-state index in [-0.39, 0.29) is 5.41 Å². The molecule has 2 rings (SSSR count). The van der Waals surface area contributed by atoms with Crippen LogP contribution in [0.5, 0.6) is 0 Å². The average molecular weight is 310 g/mol. The topological polar surface area (TPSA) is 37.4 Å². The maximum absolute atomic E-state index is 12.0. The third kappa shape index (κ3) is 2.48. The lowest BCUT2D eigenvalue weighted by molar-refractivity contribution is -0.114. The van der Waals surface area contributed by atoms with Gasteiger partial charge in [0.25, 0.3) is 11.7 Å². The maximum Gasteiger partial charge on any atom is 0.299 e. The van der Waals surface area contributed by atoms with Gasteiger partial charge in [-0.2, -0.15) is 0 Å². The summed E-state index contributed by atoms with van der Waals surface area (Å²) in [6.07, 6.45) is 0.859. The van der Waals surface area contributed by atoms with Crippen molar-refractivity contribution < 1.29 is 9.59 Å². The molecule has 0 saturated carbocycles. The second kappa shape index (κ2) is 4.50. The molecular formula is C14H16BrNO2. The van der Waals surface area contributed by atoms with Crippen molar-refractivity contribution >= 4 is 33.3 Å². The summed E-state index contributed by atoms with van der Waals surface area (Å²) in [6.45, 7) is 6.95. The van der Waals surface area contributed by atoms with Crippen LogP contribution in [0.2, 0.25) is 0 Å². The number of hydrogen-bond donors (Lipinski definition) is 0. The first kappa shape index (κ1) is 13.3. The number of rotatable bonds is 2. The summed E-state index contributed by atoms with van der Waals surface area (Å²) < 4.78 is 0.879. The second-order valence-electron chi connectivity index (χ2n) is 5.76. The van der Waals surface area contributed by atoms with Crippen molar-refractivity contribution in [2.45, 2.75) is 27.2 Å². The minimum atomic E-state index is -0.410. The Morgan fingerprint density at radius 3 is 2.50 bits per heavy atom. The third-order valence-corrected chi connectivity index (χ3v) is 3.51. The van der Waals surface area contributed by atoms with Crippen LogP contribution in [0.1, 0.15) is 37.6 Å². The monoisotopic (exact) mass is 309 g/mol. The molecule has 0 saturated heterocycles. The van der Waals surface area contributed by atoms with E-state index in [9.17, 15) is 9.59 Å². The molecule has 1 heterocycles. The second-order valence-corrected chi connectivity index (χ2v) is 6.67. The van der Waals surface area contributed by atoms with Crippen molar-refractivity contribution in [2.24, 2.45) is 5.41 Å². The highest BCUT2D eigenvalue weighted by Crippen LogP contribution is 2.33. The van der Waals surface area contributed by atoms with E-state index in [0.29, 0.717) is 12.1 Å². The van der Waals surface area contributed by atoms with E-state index in [0.717, 1.165) is 16.6 Å². The Hall–Kier alpha value is -1.16. The van der Waals surface area contributed by atoms with Gasteiger partial charge in [-0.05, 0) is 30.0 Å². The van der Waals surface area contributed by atoms with Crippen LogP contribution < -0.4 is 4.90 Å². The van der Waals surface area contributed by atoms with Crippen LogP contribution in [0.3, 0.4) is 0 Å². The zero-order valence-electron chi connectivity index (χ0n) is 10.8. The number of ketones is 1. The number of hydrogen-bond acceptors (Lipinski definition) is 2. The Bertz CT molecular complexity index is 517. The Morgan fingerprint density at radius 2 is 1.89 bits per heavy atom. The molecule has 0 aliphatic carbocycles. The SMILES string of the molecule is CC(C)(C)CCN1C(=O)C(=O)c2ccc(Br)cc21. The number of anilines is 1. The van der Waals surface area contributed by atoms with E-state index < -0.39 is 11.7 Å². The quantitative estimate of drug-likeness (QED) is 0.785. The molecule has 18 heavy (non-hydrogen) atoms. The molecule has 1 aromatic rings. The highest BCUT2D eigenvalue weighted by Gasteiger charge is 2.35. The zero-order valence-corrected chi connectivity index (χ0v) is 12.4. The van der Waals surface area contributed by atoms with Crippen LogP contribution in [0.4, 0.5) is 5.69 Å². The molecular weight excluding hydrogens is 294 g/mol. The fourth-order valence-electron chi connectivity index (χ4n) is 1.94. The molecule has 0 radical (unpaired) electrons. The van der Waals surface area contributed by atoms with Gasteiger partial charge in [0.1, 0.15) is 0 Å². The normalized spacial score (nSPS) is 15.2. The summed E-state index contributed by atoms with van der Waals surface area (Å²) in [5.41, 5.74) is 1.37. The van der Waals surface area contributed by atoms with Gasteiger partial charge in [-0.25, -0.2) is 0 Å². The van der Waals surface area contributed by atoms with Crippen LogP contribution in [0.15, 0.2) is 22.7 Å². The van der Waals surface area contributed by atoms with Crippen molar-refractivity contribution in [2.75, 3.05) is 11.4 Å². The zero-order chi connectivity index (χ0) is 13.5. The van der Waals surface area contributed by atoms with Crippen molar-refractivity contribution in [1.82, 2.24) is 0 Å². The number of halogens is 1. The minimum Gasteiger partial charge on any atom is -0.305 e. The fourth-order valence-corrected chi connectivity index (χ4v) is 2.29. The number of Topliss-reactive ketones (excluding diaryl/α,β-unsaturated/α-hetero) is 1. The summed E-state index contributed by atoms with van der Waals surface area (Å²) >= 11 is 3.37. The van der Waals surface area contributed by atoms with Gasteiger partial charge in [0.2, 0.25) is 0 Å².